The van der Waals surface area contributed by atoms with Crippen LogP contribution in [0.4, 0.5) is 0 Å². The van der Waals surface area contributed by atoms with E-state index in [2.05, 4.69) is 6.08 Å². The van der Waals surface area contributed by atoms with E-state index in [0.717, 1.165) is 30.5 Å². The zero-order valence-electron chi connectivity index (χ0n) is 19.5. The molecule has 3 aromatic rings. The summed E-state index contributed by atoms with van der Waals surface area (Å²) in [5.74, 6) is -3.00. The normalized spacial score (nSPS) is 11.6. The van der Waals surface area contributed by atoms with E-state index < -0.39 is 28.4 Å². The van der Waals surface area contributed by atoms with Crippen molar-refractivity contribution in [2.45, 2.75) is 40.0 Å². The molecule has 5 N–H and O–H groups in total. The molecule has 0 aliphatic heterocycles. The van der Waals surface area contributed by atoms with E-state index in [0.29, 0.717) is 0 Å². The summed E-state index contributed by atoms with van der Waals surface area (Å²) < 4.78 is 10.5. The first-order valence-electron chi connectivity index (χ1n) is 10.7. The second-order valence-electron chi connectivity index (χ2n) is 8.33. The molecule has 0 fully saturated rings. The average molecular weight is 469 g/mol. The first-order chi connectivity index (χ1) is 16.0. The van der Waals surface area contributed by atoms with Crippen molar-refractivity contribution in [1.29, 1.82) is 0 Å². The lowest BCUT2D eigenvalue weighted by atomic mass is 10.0. The third-order valence-electron chi connectivity index (χ3n) is 5.48. The summed E-state index contributed by atoms with van der Waals surface area (Å²) in [6, 6.07) is 3.46. The van der Waals surface area contributed by atoms with Crippen LogP contribution < -0.4 is 10.2 Å². The van der Waals surface area contributed by atoms with Crippen LogP contribution in [0.1, 0.15) is 39.2 Å². The van der Waals surface area contributed by atoms with Gasteiger partial charge in [0.25, 0.3) is 0 Å². The molecule has 0 saturated carbocycles. The molecule has 0 amide bonds. The van der Waals surface area contributed by atoms with Crippen LogP contribution in [0.5, 0.6) is 34.5 Å². The predicted octanol–water partition coefficient (Wildman–Crippen LogP) is 5.23. The van der Waals surface area contributed by atoms with Gasteiger partial charge in [0.05, 0.1) is 7.11 Å². The fourth-order valence-electron chi connectivity index (χ4n) is 3.65. The minimum atomic E-state index is -0.922. The molecule has 1 heterocycles. The number of allylic oxidation sites excluding steroid dienone is 4. The number of benzene rings is 2. The summed E-state index contributed by atoms with van der Waals surface area (Å²) in [5, 5.41) is 51.6. The molecule has 2 aromatic carbocycles. The Labute approximate surface area is 196 Å². The topological polar surface area (TPSA) is 141 Å². The molecule has 1 aromatic heterocycles. The van der Waals surface area contributed by atoms with Crippen LogP contribution in [0.3, 0.4) is 0 Å². The van der Waals surface area contributed by atoms with Crippen LogP contribution in [-0.4, -0.2) is 32.6 Å². The molecule has 0 bridgehead atoms. The van der Waals surface area contributed by atoms with Crippen molar-refractivity contribution in [2.24, 2.45) is 0 Å². The van der Waals surface area contributed by atoms with Crippen molar-refractivity contribution in [3.63, 3.8) is 0 Å². The lowest BCUT2D eigenvalue weighted by molar-refractivity contribution is 0.344. The van der Waals surface area contributed by atoms with Gasteiger partial charge in [-0.3, -0.25) is 4.79 Å². The van der Waals surface area contributed by atoms with Gasteiger partial charge in [0, 0.05) is 17.2 Å². The lowest BCUT2D eigenvalue weighted by Gasteiger charge is -2.12. The zero-order chi connectivity index (χ0) is 25.2. The number of ether oxygens (including phenoxy) is 1. The van der Waals surface area contributed by atoms with Crippen molar-refractivity contribution in [1.82, 2.24) is 0 Å². The first kappa shape index (κ1) is 24.6. The van der Waals surface area contributed by atoms with Crippen LogP contribution >= 0.6 is 0 Å². The maximum absolute atomic E-state index is 12.9. The van der Waals surface area contributed by atoms with Crippen LogP contribution in [0.25, 0.3) is 22.3 Å². The van der Waals surface area contributed by atoms with Crippen LogP contribution in [0.2, 0.25) is 0 Å². The second-order valence-corrected chi connectivity index (χ2v) is 8.33. The molecule has 34 heavy (non-hydrogen) atoms. The van der Waals surface area contributed by atoms with Gasteiger partial charge in [0.1, 0.15) is 22.5 Å². The Balaban J connectivity index is 2.07. The van der Waals surface area contributed by atoms with Crippen LogP contribution in [-0.2, 0) is 6.42 Å². The number of rotatable bonds is 7. The number of methoxy groups -OCH3 is 1. The van der Waals surface area contributed by atoms with Gasteiger partial charge in [-0.05, 0) is 52.2 Å². The third kappa shape index (κ3) is 4.80. The van der Waals surface area contributed by atoms with Gasteiger partial charge in [0.2, 0.25) is 16.9 Å². The van der Waals surface area contributed by atoms with E-state index in [1.165, 1.54) is 18.7 Å². The Hall–Kier alpha value is -4.07. The van der Waals surface area contributed by atoms with Gasteiger partial charge in [-0.25, -0.2) is 0 Å². The Morgan fingerprint density at radius 1 is 0.941 bits per heavy atom. The lowest BCUT2D eigenvalue weighted by Crippen LogP contribution is -2.04. The van der Waals surface area contributed by atoms with Gasteiger partial charge in [0.15, 0.2) is 17.3 Å². The van der Waals surface area contributed by atoms with Gasteiger partial charge in [-0.2, -0.15) is 0 Å². The molecule has 180 valence electrons. The monoisotopic (exact) mass is 468 g/mol. The number of phenolic OH excluding ortho intramolecular Hbond substituents is 4. The molecule has 0 aliphatic carbocycles. The molecule has 8 heteroatoms. The molecule has 0 unspecified atom stereocenters. The highest BCUT2D eigenvalue weighted by Gasteiger charge is 2.23. The number of hydrogen-bond acceptors (Lipinski definition) is 8. The van der Waals surface area contributed by atoms with E-state index in [9.17, 15) is 30.3 Å². The molecule has 8 nitrogen and oxygen atoms in total. The summed E-state index contributed by atoms with van der Waals surface area (Å²) in [6.45, 7) is 5.99. The number of phenols is 4. The minimum Gasteiger partial charge on any atom is -0.507 e. The number of hydrogen-bond donors (Lipinski definition) is 5. The van der Waals surface area contributed by atoms with Crippen molar-refractivity contribution in [3.8, 4) is 45.8 Å². The van der Waals surface area contributed by atoms with Crippen molar-refractivity contribution in [2.75, 3.05) is 7.11 Å². The highest BCUT2D eigenvalue weighted by molar-refractivity contribution is 5.90. The first-order valence-corrected chi connectivity index (χ1v) is 10.7. The maximum atomic E-state index is 12.9. The highest BCUT2D eigenvalue weighted by atomic mass is 16.5. The molecular weight excluding hydrogens is 440 g/mol. The summed E-state index contributed by atoms with van der Waals surface area (Å²) in [5.41, 5.74) is 1.31. The number of fused-ring (bicyclic) bond motifs is 1. The van der Waals surface area contributed by atoms with Gasteiger partial charge >= 0.3 is 0 Å². The van der Waals surface area contributed by atoms with Gasteiger partial charge in [-0.1, -0.05) is 23.3 Å². The quantitative estimate of drug-likeness (QED) is 0.297. The summed E-state index contributed by atoms with van der Waals surface area (Å²) >= 11 is 0. The standard InChI is InChI=1S/C26H28O8/c1-13(2)6-5-7-14(3)8-9-16-17(27)12-20-21(22(16)30)23(31)24(32)25(34-20)15-10-18(28)26(33-4)19(29)11-15/h6,8,10-12,27-30,32H,5,7,9H2,1-4H3. The molecule has 0 spiro atoms. The predicted molar refractivity (Wildman–Crippen MR) is 129 cm³/mol. The summed E-state index contributed by atoms with van der Waals surface area (Å²) in [4.78, 5) is 12.9. The molecule has 0 aliphatic rings. The Bertz CT molecular complexity index is 1330. The fraction of sp³-hybridized carbons (Fsp3) is 0.269. The molecular formula is C26H28O8. The van der Waals surface area contributed by atoms with Crippen LogP contribution in [0, 0.1) is 0 Å². The van der Waals surface area contributed by atoms with Crippen molar-refractivity contribution >= 4 is 11.0 Å². The van der Waals surface area contributed by atoms with Gasteiger partial charge in [-0.15, -0.1) is 0 Å². The minimum absolute atomic E-state index is 0.00900. The highest BCUT2D eigenvalue weighted by Crippen LogP contribution is 2.43. The van der Waals surface area contributed by atoms with Crippen molar-refractivity contribution < 1.29 is 34.7 Å². The smallest absolute Gasteiger partial charge is 0.238 e. The molecule has 0 saturated heterocycles. The Kier molecular flexibility index (Phi) is 7.10. The summed E-state index contributed by atoms with van der Waals surface area (Å²) in [7, 11) is 1.26. The largest absolute Gasteiger partial charge is 0.507 e. The van der Waals surface area contributed by atoms with Crippen molar-refractivity contribution in [3.05, 3.63) is 57.3 Å². The third-order valence-corrected chi connectivity index (χ3v) is 5.48. The zero-order valence-corrected chi connectivity index (χ0v) is 19.5. The van der Waals surface area contributed by atoms with Crippen LogP contribution in [0.15, 0.2) is 50.7 Å². The summed E-state index contributed by atoms with van der Waals surface area (Å²) in [6.07, 6.45) is 5.84. The average Bonchev–Trinajstić information content (AvgIpc) is 2.75. The van der Waals surface area contributed by atoms with E-state index in [4.69, 9.17) is 9.15 Å². The van der Waals surface area contributed by atoms with Gasteiger partial charge < -0.3 is 34.7 Å². The number of aromatic hydroxyl groups is 5. The SMILES string of the molecule is COc1c(O)cc(-c2oc3cc(O)c(CC=C(C)CCC=C(C)C)c(O)c3c(=O)c2O)cc1O. The molecule has 0 atom stereocenters. The molecule has 3 rings (SSSR count). The maximum Gasteiger partial charge on any atom is 0.238 e. The Morgan fingerprint density at radius 3 is 2.18 bits per heavy atom. The Morgan fingerprint density at radius 2 is 1.59 bits per heavy atom. The molecule has 0 radical (unpaired) electrons. The fourth-order valence-corrected chi connectivity index (χ4v) is 3.65. The van der Waals surface area contributed by atoms with E-state index in [-0.39, 0.29) is 45.8 Å². The van der Waals surface area contributed by atoms with E-state index in [1.54, 1.807) is 0 Å². The second kappa shape index (κ2) is 9.82. The van der Waals surface area contributed by atoms with E-state index >= 15 is 0 Å². The van der Waals surface area contributed by atoms with E-state index in [1.807, 2.05) is 26.8 Å².